The minimum absolute atomic E-state index is 0.121. The van der Waals surface area contributed by atoms with E-state index in [1.54, 1.807) is 0 Å². The van der Waals surface area contributed by atoms with Gasteiger partial charge in [0, 0.05) is 6.42 Å². The van der Waals surface area contributed by atoms with E-state index in [1.165, 1.54) is 0 Å². The van der Waals surface area contributed by atoms with Crippen LogP contribution in [0.5, 0.6) is 0 Å². The standard InChI is InChI=1S/C10H14O4/c1-5-3-10(2)4-6(8(11)12)7(5)9(13)14-10/h5-7H,3-4H2,1-2H3,(H,11,12)/t5-,6+,7-,10?/m0/s1. The zero-order valence-electron chi connectivity index (χ0n) is 8.32. The van der Waals surface area contributed by atoms with E-state index in [-0.39, 0.29) is 11.9 Å². The fraction of sp³-hybridized carbons (Fsp3) is 0.800. The number of ether oxygens (including phenoxy) is 1. The van der Waals surface area contributed by atoms with Gasteiger partial charge in [-0.25, -0.2) is 0 Å². The third-order valence-electron chi connectivity index (χ3n) is 3.39. The molecule has 0 aromatic rings. The average molecular weight is 198 g/mol. The summed E-state index contributed by atoms with van der Waals surface area (Å²) in [5.41, 5.74) is -0.547. The summed E-state index contributed by atoms with van der Waals surface area (Å²) in [7, 11) is 0. The van der Waals surface area contributed by atoms with Gasteiger partial charge in [-0.1, -0.05) is 6.92 Å². The molecule has 1 saturated carbocycles. The number of aliphatic carboxylic acids is 1. The number of esters is 1. The number of fused-ring (bicyclic) bond motifs is 3. The molecule has 3 aliphatic rings. The number of rotatable bonds is 1. The monoisotopic (exact) mass is 198 g/mol. The molecule has 4 heteroatoms. The second-order valence-corrected chi connectivity index (χ2v) is 4.73. The fourth-order valence-electron chi connectivity index (χ4n) is 2.91. The highest BCUT2D eigenvalue weighted by molar-refractivity contribution is 5.83. The van der Waals surface area contributed by atoms with Crippen LogP contribution < -0.4 is 0 Å². The van der Waals surface area contributed by atoms with E-state index in [2.05, 4.69) is 0 Å². The Kier molecular flexibility index (Phi) is 1.84. The van der Waals surface area contributed by atoms with Gasteiger partial charge in [0.1, 0.15) is 5.60 Å². The third-order valence-corrected chi connectivity index (χ3v) is 3.39. The molecule has 2 saturated heterocycles. The summed E-state index contributed by atoms with van der Waals surface area (Å²) in [4.78, 5) is 22.5. The molecule has 0 radical (unpaired) electrons. The van der Waals surface area contributed by atoms with Crippen LogP contribution >= 0.6 is 0 Å². The topological polar surface area (TPSA) is 63.6 Å². The van der Waals surface area contributed by atoms with Gasteiger partial charge < -0.3 is 9.84 Å². The van der Waals surface area contributed by atoms with E-state index < -0.39 is 23.4 Å². The lowest BCUT2D eigenvalue weighted by atomic mass is 9.64. The first-order valence-electron chi connectivity index (χ1n) is 4.89. The third kappa shape index (κ3) is 1.21. The quantitative estimate of drug-likeness (QED) is 0.639. The van der Waals surface area contributed by atoms with Crippen molar-refractivity contribution in [1.82, 2.24) is 0 Å². The summed E-state index contributed by atoms with van der Waals surface area (Å²) in [6, 6.07) is 0. The lowest BCUT2D eigenvalue weighted by molar-refractivity contribution is -0.206. The first kappa shape index (κ1) is 9.49. The van der Waals surface area contributed by atoms with Crippen LogP contribution in [0.4, 0.5) is 0 Å². The van der Waals surface area contributed by atoms with Gasteiger partial charge in [-0.15, -0.1) is 0 Å². The van der Waals surface area contributed by atoms with Crippen LogP contribution in [0.3, 0.4) is 0 Å². The minimum atomic E-state index is -0.871. The van der Waals surface area contributed by atoms with Crippen LogP contribution in [0.15, 0.2) is 0 Å². The second kappa shape index (κ2) is 2.72. The van der Waals surface area contributed by atoms with Crippen molar-refractivity contribution in [3.8, 4) is 0 Å². The van der Waals surface area contributed by atoms with Crippen LogP contribution in [-0.4, -0.2) is 22.6 Å². The lowest BCUT2D eigenvalue weighted by Crippen LogP contribution is -2.56. The molecule has 2 bridgehead atoms. The highest BCUT2D eigenvalue weighted by atomic mass is 16.6. The van der Waals surface area contributed by atoms with E-state index in [1.807, 2.05) is 13.8 Å². The summed E-state index contributed by atoms with van der Waals surface area (Å²) < 4.78 is 5.22. The van der Waals surface area contributed by atoms with Crippen molar-refractivity contribution in [3.63, 3.8) is 0 Å². The normalized spacial score (nSPS) is 46.1. The Morgan fingerprint density at radius 2 is 2.21 bits per heavy atom. The van der Waals surface area contributed by atoms with Crippen molar-refractivity contribution in [3.05, 3.63) is 0 Å². The molecular formula is C10H14O4. The predicted molar refractivity (Wildman–Crippen MR) is 47.5 cm³/mol. The highest BCUT2D eigenvalue weighted by Crippen LogP contribution is 2.48. The maximum atomic E-state index is 11.5. The smallest absolute Gasteiger partial charge is 0.310 e. The molecular weight excluding hydrogens is 184 g/mol. The molecule has 0 aromatic carbocycles. The zero-order chi connectivity index (χ0) is 10.5. The Morgan fingerprint density at radius 3 is 2.64 bits per heavy atom. The summed E-state index contributed by atoms with van der Waals surface area (Å²) in [6.07, 6.45) is 1.25. The van der Waals surface area contributed by atoms with Crippen LogP contribution in [0.2, 0.25) is 0 Å². The van der Waals surface area contributed by atoms with Crippen LogP contribution in [0, 0.1) is 17.8 Å². The number of hydrogen-bond donors (Lipinski definition) is 1. The van der Waals surface area contributed by atoms with E-state index in [0.29, 0.717) is 6.42 Å². The van der Waals surface area contributed by atoms with E-state index >= 15 is 0 Å². The summed E-state index contributed by atoms with van der Waals surface area (Å²) >= 11 is 0. The maximum Gasteiger partial charge on any atom is 0.310 e. The van der Waals surface area contributed by atoms with Gasteiger partial charge >= 0.3 is 11.9 Å². The molecule has 3 rings (SSSR count). The molecule has 0 aromatic heterocycles. The number of carboxylic acids is 1. The Bertz CT molecular complexity index is 298. The van der Waals surface area contributed by atoms with Gasteiger partial charge in [0.15, 0.2) is 0 Å². The molecule has 0 amide bonds. The average Bonchev–Trinajstić information content (AvgIpc) is 1.99. The molecule has 14 heavy (non-hydrogen) atoms. The lowest BCUT2D eigenvalue weighted by Gasteiger charge is -2.49. The van der Waals surface area contributed by atoms with E-state index in [9.17, 15) is 9.59 Å². The number of carboxylic acid groups (broad SMARTS) is 1. The van der Waals surface area contributed by atoms with Gasteiger partial charge in [-0.05, 0) is 19.3 Å². The first-order valence-corrected chi connectivity index (χ1v) is 4.89. The largest absolute Gasteiger partial charge is 0.481 e. The summed E-state index contributed by atoms with van der Waals surface area (Å²) in [5, 5.41) is 9.00. The first-order chi connectivity index (χ1) is 6.43. The van der Waals surface area contributed by atoms with Crippen LogP contribution in [-0.2, 0) is 14.3 Å². The van der Waals surface area contributed by atoms with Gasteiger partial charge in [0.05, 0.1) is 11.8 Å². The van der Waals surface area contributed by atoms with Crippen molar-refractivity contribution < 1.29 is 19.4 Å². The highest BCUT2D eigenvalue weighted by Gasteiger charge is 2.55. The van der Waals surface area contributed by atoms with Crippen molar-refractivity contribution in [2.75, 3.05) is 0 Å². The molecule has 1 aliphatic carbocycles. The Labute approximate surface area is 82.2 Å². The predicted octanol–water partition coefficient (Wildman–Crippen LogP) is 1.05. The van der Waals surface area contributed by atoms with Gasteiger partial charge in [-0.3, -0.25) is 9.59 Å². The Balaban J connectivity index is 2.34. The molecule has 2 aliphatic heterocycles. The van der Waals surface area contributed by atoms with Gasteiger partial charge in [-0.2, -0.15) is 0 Å². The molecule has 2 heterocycles. The SMILES string of the molecule is C[C@H]1CC2(C)C[C@@H](C(=O)O)[C@H]1C(=O)O2. The summed E-state index contributed by atoms with van der Waals surface area (Å²) in [5.74, 6) is -2.07. The molecule has 0 spiro atoms. The van der Waals surface area contributed by atoms with Gasteiger partial charge in [0.25, 0.3) is 0 Å². The van der Waals surface area contributed by atoms with Crippen molar-refractivity contribution in [2.45, 2.75) is 32.3 Å². The molecule has 1 N–H and O–H groups in total. The van der Waals surface area contributed by atoms with Crippen molar-refractivity contribution >= 4 is 11.9 Å². The summed E-state index contributed by atoms with van der Waals surface area (Å²) in [6.45, 7) is 3.76. The molecule has 78 valence electrons. The molecule has 3 fully saturated rings. The van der Waals surface area contributed by atoms with E-state index in [4.69, 9.17) is 9.84 Å². The van der Waals surface area contributed by atoms with Crippen LogP contribution in [0.1, 0.15) is 26.7 Å². The minimum Gasteiger partial charge on any atom is -0.481 e. The van der Waals surface area contributed by atoms with Crippen LogP contribution in [0.25, 0.3) is 0 Å². The number of hydrogen-bond acceptors (Lipinski definition) is 3. The molecule has 4 nitrogen and oxygen atoms in total. The molecule has 1 unspecified atom stereocenters. The molecule has 4 atom stereocenters. The zero-order valence-corrected chi connectivity index (χ0v) is 8.32. The fourth-order valence-corrected chi connectivity index (χ4v) is 2.91. The number of carbonyl (C=O) groups excluding carboxylic acids is 1. The maximum absolute atomic E-state index is 11.5. The Hall–Kier alpha value is -1.06. The Morgan fingerprint density at radius 1 is 1.57 bits per heavy atom. The number of carbonyl (C=O) groups is 2. The van der Waals surface area contributed by atoms with Gasteiger partial charge in [0.2, 0.25) is 0 Å². The second-order valence-electron chi connectivity index (χ2n) is 4.73. The van der Waals surface area contributed by atoms with E-state index in [0.717, 1.165) is 6.42 Å². The van der Waals surface area contributed by atoms with Crippen molar-refractivity contribution in [1.29, 1.82) is 0 Å². The van der Waals surface area contributed by atoms with Crippen molar-refractivity contribution in [2.24, 2.45) is 17.8 Å².